The molecule has 0 atom stereocenters. The van der Waals surface area contributed by atoms with Gasteiger partial charge in [-0.2, -0.15) is 5.10 Å². The molecule has 0 saturated heterocycles. The van der Waals surface area contributed by atoms with Crippen molar-refractivity contribution >= 4 is 5.91 Å². The molecule has 0 saturated carbocycles. The van der Waals surface area contributed by atoms with E-state index in [0.717, 1.165) is 30.6 Å². The topological polar surface area (TPSA) is 46.9 Å². The number of nitrogens with one attached hydrogen (secondary N) is 1. The van der Waals surface area contributed by atoms with Gasteiger partial charge in [0.05, 0.1) is 22.6 Å². The van der Waals surface area contributed by atoms with E-state index in [1.807, 2.05) is 32.0 Å². The molecular weight excluding hydrogens is 341 g/mol. The first-order chi connectivity index (χ1) is 13.1. The van der Waals surface area contributed by atoms with Crippen molar-refractivity contribution < 1.29 is 9.18 Å². The van der Waals surface area contributed by atoms with Crippen molar-refractivity contribution in [2.75, 3.05) is 6.54 Å². The van der Waals surface area contributed by atoms with Crippen LogP contribution in [0.2, 0.25) is 0 Å². The largest absolute Gasteiger partial charge is 0.352 e. The van der Waals surface area contributed by atoms with Crippen LogP contribution in [-0.2, 0) is 6.42 Å². The van der Waals surface area contributed by atoms with Crippen LogP contribution in [0.25, 0.3) is 5.69 Å². The number of halogens is 1. The summed E-state index contributed by atoms with van der Waals surface area (Å²) in [4.78, 5) is 12.6. The zero-order valence-corrected chi connectivity index (χ0v) is 15.7. The molecule has 27 heavy (non-hydrogen) atoms. The molecule has 0 aliphatic carbocycles. The van der Waals surface area contributed by atoms with Crippen LogP contribution < -0.4 is 5.32 Å². The average Bonchev–Trinajstić information content (AvgIpc) is 2.97. The Morgan fingerprint density at radius 2 is 1.74 bits per heavy atom. The second kappa shape index (κ2) is 8.62. The zero-order chi connectivity index (χ0) is 19.2. The van der Waals surface area contributed by atoms with Crippen molar-refractivity contribution in [1.29, 1.82) is 0 Å². The molecule has 1 amide bonds. The predicted molar refractivity (Wildman–Crippen MR) is 105 cm³/mol. The summed E-state index contributed by atoms with van der Waals surface area (Å²) in [7, 11) is 0. The minimum Gasteiger partial charge on any atom is -0.352 e. The third-order valence-electron chi connectivity index (χ3n) is 4.61. The van der Waals surface area contributed by atoms with Crippen molar-refractivity contribution in [3.05, 3.63) is 82.9 Å². The molecular formula is C22H24FN3O. The smallest absolute Gasteiger partial charge is 0.255 e. The van der Waals surface area contributed by atoms with Gasteiger partial charge in [-0.05, 0) is 62.9 Å². The minimum absolute atomic E-state index is 0.113. The van der Waals surface area contributed by atoms with Crippen molar-refractivity contribution in [2.45, 2.75) is 33.1 Å². The van der Waals surface area contributed by atoms with Gasteiger partial charge in [-0.15, -0.1) is 0 Å². The predicted octanol–water partition coefficient (Wildman–Crippen LogP) is 4.38. The fourth-order valence-electron chi connectivity index (χ4n) is 3.19. The SMILES string of the molecule is Cc1nn(-c2ccc(F)cc2)c(C)c1C(=O)NCCCCc1ccccc1. The summed E-state index contributed by atoms with van der Waals surface area (Å²) in [6, 6.07) is 16.4. The highest BCUT2D eigenvalue weighted by Crippen LogP contribution is 2.18. The molecule has 1 aromatic heterocycles. The number of unbranched alkanes of at least 4 members (excludes halogenated alkanes) is 1. The highest BCUT2D eigenvalue weighted by atomic mass is 19.1. The van der Waals surface area contributed by atoms with E-state index in [4.69, 9.17) is 0 Å². The van der Waals surface area contributed by atoms with Crippen LogP contribution in [0.4, 0.5) is 4.39 Å². The third-order valence-corrected chi connectivity index (χ3v) is 4.61. The standard InChI is InChI=1S/C22H24FN3O/c1-16-21(17(2)26(25-16)20-13-11-19(23)12-14-20)22(27)24-15-7-6-10-18-8-4-3-5-9-18/h3-5,8-9,11-14H,6-7,10,15H2,1-2H3,(H,24,27). The number of aryl methyl sites for hydroxylation is 2. The highest BCUT2D eigenvalue weighted by Gasteiger charge is 2.19. The molecule has 4 nitrogen and oxygen atoms in total. The third kappa shape index (κ3) is 4.61. The monoisotopic (exact) mass is 365 g/mol. The van der Waals surface area contributed by atoms with Gasteiger partial charge in [0.1, 0.15) is 5.82 Å². The van der Waals surface area contributed by atoms with Crippen LogP contribution in [0.3, 0.4) is 0 Å². The average molecular weight is 365 g/mol. The van der Waals surface area contributed by atoms with E-state index in [-0.39, 0.29) is 11.7 Å². The molecule has 0 spiro atoms. The van der Waals surface area contributed by atoms with Crippen LogP contribution in [0.5, 0.6) is 0 Å². The molecule has 0 unspecified atom stereocenters. The lowest BCUT2D eigenvalue weighted by atomic mass is 10.1. The molecule has 5 heteroatoms. The van der Waals surface area contributed by atoms with E-state index in [2.05, 4.69) is 22.5 Å². The van der Waals surface area contributed by atoms with Crippen molar-refractivity contribution in [1.82, 2.24) is 15.1 Å². The van der Waals surface area contributed by atoms with Gasteiger partial charge in [-0.3, -0.25) is 4.79 Å². The van der Waals surface area contributed by atoms with Gasteiger partial charge in [-0.25, -0.2) is 9.07 Å². The Morgan fingerprint density at radius 3 is 2.44 bits per heavy atom. The van der Waals surface area contributed by atoms with Crippen LogP contribution in [-0.4, -0.2) is 22.2 Å². The van der Waals surface area contributed by atoms with Gasteiger partial charge >= 0.3 is 0 Å². The first-order valence-electron chi connectivity index (χ1n) is 9.20. The van der Waals surface area contributed by atoms with E-state index >= 15 is 0 Å². The lowest BCUT2D eigenvalue weighted by Gasteiger charge is -2.07. The van der Waals surface area contributed by atoms with Gasteiger partial charge in [-0.1, -0.05) is 30.3 Å². The summed E-state index contributed by atoms with van der Waals surface area (Å²) in [5.74, 6) is -0.410. The van der Waals surface area contributed by atoms with Gasteiger partial charge in [0.15, 0.2) is 0 Å². The molecule has 0 fully saturated rings. The highest BCUT2D eigenvalue weighted by molar-refractivity contribution is 5.96. The normalized spacial score (nSPS) is 10.8. The lowest BCUT2D eigenvalue weighted by molar-refractivity contribution is 0.0952. The second-order valence-corrected chi connectivity index (χ2v) is 6.63. The molecule has 140 valence electrons. The lowest BCUT2D eigenvalue weighted by Crippen LogP contribution is -2.25. The first kappa shape index (κ1) is 18.8. The zero-order valence-electron chi connectivity index (χ0n) is 15.7. The molecule has 3 aromatic rings. The number of amides is 1. The number of hydrogen-bond acceptors (Lipinski definition) is 2. The molecule has 3 rings (SSSR count). The maximum Gasteiger partial charge on any atom is 0.255 e. The molecule has 0 radical (unpaired) electrons. The summed E-state index contributed by atoms with van der Waals surface area (Å²) in [5.41, 5.74) is 4.05. The van der Waals surface area contributed by atoms with Gasteiger partial charge in [0.2, 0.25) is 0 Å². The van der Waals surface area contributed by atoms with Crippen LogP contribution in [0, 0.1) is 19.7 Å². The minimum atomic E-state index is -0.297. The molecule has 2 aromatic carbocycles. The van der Waals surface area contributed by atoms with Crippen LogP contribution >= 0.6 is 0 Å². The summed E-state index contributed by atoms with van der Waals surface area (Å²) in [6.07, 6.45) is 2.96. The Labute approximate surface area is 159 Å². The fraction of sp³-hybridized carbons (Fsp3) is 0.273. The Hall–Kier alpha value is -2.95. The second-order valence-electron chi connectivity index (χ2n) is 6.63. The summed E-state index contributed by atoms with van der Waals surface area (Å²) in [5, 5.41) is 7.44. The van der Waals surface area contributed by atoms with E-state index in [9.17, 15) is 9.18 Å². The van der Waals surface area contributed by atoms with E-state index < -0.39 is 0 Å². The van der Waals surface area contributed by atoms with E-state index in [1.165, 1.54) is 17.7 Å². The van der Waals surface area contributed by atoms with E-state index in [0.29, 0.717) is 17.8 Å². The first-order valence-corrected chi connectivity index (χ1v) is 9.20. The Kier molecular flexibility index (Phi) is 6.01. The van der Waals surface area contributed by atoms with E-state index in [1.54, 1.807) is 16.8 Å². The molecule has 0 aliphatic rings. The van der Waals surface area contributed by atoms with Gasteiger partial charge in [0.25, 0.3) is 5.91 Å². The Bertz CT molecular complexity index is 901. The van der Waals surface area contributed by atoms with Crippen LogP contribution in [0.1, 0.15) is 40.2 Å². The number of nitrogens with zero attached hydrogens (tertiary/aromatic N) is 2. The number of rotatable bonds is 7. The Morgan fingerprint density at radius 1 is 1.04 bits per heavy atom. The molecule has 1 N–H and O–H groups in total. The van der Waals surface area contributed by atoms with Crippen molar-refractivity contribution in [3.8, 4) is 5.69 Å². The maximum absolute atomic E-state index is 13.1. The van der Waals surface area contributed by atoms with Gasteiger partial charge in [0, 0.05) is 6.54 Å². The number of hydrogen-bond donors (Lipinski definition) is 1. The molecule has 0 bridgehead atoms. The molecule has 0 aliphatic heterocycles. The summed E-state index contributed by atoms with van der Waals surface area (Å²) < 4.78 is 14.8. The number of aromatic nitrogens is 2. The summed E-state index contributed by atoms with van der Waals surface area (Å²) >= 11 is 0. The number of carbonyl (C=O) groups excluding carboxylic acids is 1. The number of carbonyl (C=O) groups is 1. The van der Waals surface area contributed by atoms with Crippen molar-refractivity contribution in [2.24, 2.45) is 0 Å². The Balaban J connectivity index is 1.57. The summed E-state index contributed by atoms with van der Waals surface area (Å²) in [6.45, 7) is 4.30. The van der Waals surface area contributed by atoms with Crippen LogP contribution in [0.15, 0.2) is 54.6 Å². The van der Waals surface area contributed by atoms with Crippen molar-refractivity contribution in [3.63, 3.8) is 0 Å². The number of benzene rings is 2. The van der Waals surface area contributed by atoms with Gasteiger partial charge < -0.3 is 5.32 Å². The maximum atomic E-state index is 13.1. The fourth-order valence-corrected chi connectivity index (χ4v) is 3.19. The quantitative estimate of drug-likeness (QED) is 0.632. The molecule has 1 heterocycles.